The van der Waals surface area contributed by atoms with Crippen LogP contribution in [0.15, 0.2) is 15.9 Å². The van der Waals surface area contributed by atoms with E-state index in [4.69, 9.17) is 0 Å². The lowest BCUT2D eigenvalue weighted by Gasteiger charge is -2.39. The van der Waals surface area contributed by atoms with Gasteiger partial charge in [-0.2, -0.15) is 0 Å². The van der Waals surface area contributed by atoms with Crippen molar-refractivity contribution in [3.63, 3.8) is 0 Å². The van der Waals surface area contributed by atoms with Gasteiger partial charge in [0.1, 0.15) is 0 Å². The van der Waals surface area contributed by atoms with Crippen LogP contribution in [0.2, 0.25) is 0 Å². The maximum Gasteiger partial charge on any atom is 0.0535 e. The van der Waals surface area contributed by atoms with E-state index in [0.29, 0.717) is 6.61 Å². The van der Waals surface area contributed by atoms with E-state index in [1.54, 1.807) is 11.3 Å². The topological polar surface area (TPSA) is 20.2 Å². The number of hydrogen-bond donors (Lipinski definition) is 1. The van der Waals surface area contributed by atoms with Gasteiger partial charge >= 0.3 is 0 Å². The van der Waals surface area contributed by atoms with E-state index in [-0.39, 0.29) is 5.41 Å². The lowest BCUT2D eigenvalue weighted by Crippen LogP contribution is -2.36. The Morgan fingerprint density at radius 3 is 2.67 bits per heavy atom. The molecule has 1 nitrogen and oxygen atoms in total. The molecule has 66 valence electrons. The molecule has 1 fully saturated rings. The highest BCUT2D eigenvalue weighted by Crippen LogP contribution is 2.46. The second-order valence-electron chi connectivity index (χ2n) is 3.42. The zero-order chi connectivity index (χ0) is 8.60. The van der Waals surface area contributed by atoms with Gasteiger partial charge in [0.15, 0.2) is 0 Å². The van der Waals surface area contributed by atoms with Crippen LogP contribution >= 0.6 is 27.3 Å². The van der Waals surface area contributed by atoms with Crippen LogP contribution in [-0.4, -0.2) is 11.7 Å². The number of hydrogen-bond acceptors (Lipinski definition) is 2. The highest BCUT2D eigenvalue weighted by Gasteiger charge is 2.39. The first-order valence-electron chi connectivity index (χ1n) is 4.12. The van der Waals surface area contributed by atoms with E-state index in [9.17, 15) is 5.11 Å². The maximum absolute atomic E-state index is 9.29. The Morgan fingerprint density at radius 1 is 1.58 bits per heavy atom. The smallest absolute Gasteiger partial charge is 0.0535 e. The van der Waals surface area contributed by atoms with Crippen molar-refractivity contribution in [1.82, 2.24) is 0 Å². The molecule has 0 saturated heterocycles. The van der Waals surface area contributed by atoms with Gasteiger partial charge in [-0.1, -0.05) is 6.42 Å². The average molecular weight is 247 g/mol. The first-order chi connectivity index (χ1) is 5.77. The molecule has 1 heterocycles. The van der Waals surface area contributed by atoms with Gasteiger partial charge in [0.25, 0.3) is 0 Å². The molecule has 1 saturated carbocycles. The minimum Gasteiger partial charge on any atom is -0.395 e. The van der Waals surface area contributed by atoms with Crippen molar-refractivity contribution in [1.29, 1.82) is 0 Å². The first-order valence-corrected chi connectivity index (χ1v) is 5.79. The van der Waals surface area contributed by atoms with Gasteiger partial charge in [-0.15, -0.1) is 11.3 Å². The molecule has 3 heteroatoms. The Hall–Kier alpha value is 0.140. The molecule has 12 heavy (non-hydrogen) atoms. The van der Waals surface area contributed by atoms with Crippen LogP contribution in [0.3, 0.4) is 0 Å². The lowest BCUT2D eigenvalue weighted by molar-refractivity contribution is 0.123. The summed E-state index contributed by atoms with van der Waals surface area (Å²) in [6, 6.07) is 2.14. The zero-order valence-corrected chi connectivity index (χ0v) is 9.12. The third kappa shape index (κ3) is 1.24. The molecule has 1 N–H and O–H groups in total. The van der Waals surface area contributed by atoms with Crippen LogP contribution in [0, 0.1) is 0 Å². The average Bonchev–Trinajstić information content (AvgIpc) is 2.35. The van der Waals surface area contributed by atoms with Crippen molar-refractivity contribution in [3.8, 4) is 0 Å². The Kier molecular flexibility index (Phi) is 2.27. The van der Waals surface area contributed by atoms with Gasteiger partial charge < -0.3 is 5.11 Å². The van der Waals surface area contributed by atoms with Gasteiger partial charge in [-0.25, -0.2) is 0 Å². The fraction of sp³-hybridized carbons (Fsp3) is 0.556. The van der Waals surface area contributed by atoms with Crippen molar-refractivity contribution >= 4 is 27.3 Å². The van der Waals surface area contributed by atoms with E-state index >= 15 is 0 Å². The Morgan fingerprint density at radius 2 is 2.33 bits per heavy atom. The quantitative estimate of drug-likeness (QED) is 0.851. The van der Waals surface area contributed by atoms with Gasteiger partial charge in [0.05, 0.1) is 6.61 Å². The zero-order valence-electron chi connectivity index (χ0n) is 6.72. The summed E-state index contributed by atoms with van der Waals surface area (Å²) in [5.41, 5.74) is 0.122. The van der Waals surface area contributed by atoms with Crippen molar-refractivity contribution < 1.29 is 5.11 Å². The second-order valence-corrected chi connectivity index (χ2v) is 5.25. The summed E-state index contributed by atoms with van der Waals surface area (Å²) in [6.07, 6.45) is 3.56. The van der Waals surface area contributed by atoms with E-state index in [1.165, 1.54) is 11.3 Å². The number of aliphatic hydroxyl groups is 1. The van der Waals surface area contributed by atoms with Crippen molar-refractivity contribution in [2.45, 2.75) is 24.7 Å². The van der Waals surface area contributed by atoms with E-state index < -0.39 is 0 Å². The normalized spacial score (nSPS) is 20.5. The highest BCUT2D eigenvalue weighted by atomic mass is 79.9. The summed E-state index contributed by atoms with van der Waals surface area (Å²) in [6.45, 7) is 0.306. The molecule has 1 aromatic heterocycles. The predicted molar refractivity (Wildman–Crippen MR) is 54.6 cm³/mol. The molecule has 1 aliphatic carbocycles. The number of rotatable bonds is 2. The predicted octanol–water partition coefficient (Wildman–Crippen LogP) is 2.92. The molecule has 0 atom stereocenters. The molecule has 1 aromatic rings. The largest absolute Gasteiger partial charge is 0.395 e. The lowest BCUT2D eigenvalue weighted by atomic mass is 9.68. The molecular weight excluding hydrogens is 236 g/mol. The fourth-order valence-corrected chi connectivity index (χ4v) is 3.36. The SMILES string of the molecule is OCC1(c2cc(Br)cs2)CCC1. The van der Waals surface area contributed by atoms with Crippen LogP contribution < -0.4 is 0 Å². The molecule has 0 amide bonds. The summed E-state index contributed by atoms with van der Waals surface area (Å²) in [7, 11) is 0. The van der Waals surface area contributed by atoms with Crippen LogP contribution in [0.25, 0.3) is 0 Å². The van der Waals surface area contributed by atoms with Crippen LogP contribution in [0.1, 0.15) is 24.1 Å². The summed E-state index contributed by atoms with van der Waals surface area (Å²) in [5, 5.41) is 11.4. The van der Waals surface area contributed by atoms with Gasteiger partial charge in [0.2, 0.25) is 0 Å². The van der Waals surface area contributed by atoms with Gasteiger partial charge in [-0.05, 0) is 34.8 Å². The van der Waals surface area contributed by atoms with Crippen LogP contribution in [0.5, 0.6) is 0 Å². The summed E-state index contributed by atoms with van der Waals surface area (Å²) < 4.78 is 1.14. The number of aliphatic hydroxyl groups excluding tert-OH is 1. The molecule has 2 rings (SSSR count). The molecule has 0 aromatic carbocycles. The monoisotopic (exact) mass is 246 g/mol. The Labute approximate surface area is 84.6 Å². The third-order valence-electron chi connectivity index (χ3n) is 2.70. The molecule has 0 unspecified atom stereocenters. The minimum atomic E-state index is 0.122. The Bertz CT molecular complexity index is 272. The van der Waals surface area contributed by atoms with Crippen molar-refractivity contribution in [2.75, 3.05) is 6.61 Å². The summed E-state index contributed by atoms with van der Waals surface area (Å²) >= 11 is 5.19. The number of thiophene rings is 1. The fourth-order valence-electron chi connectivity index (χ4n) is 1.68. The van der Waals surface area contributed by atoms with Gasteiger partial charge in [-0.3, -0.25) is 0 Å². The van der Waals surface area contributed by atoms with Crippen LogP contribution in [-0.2, 0) is 5.41 Å². The second kappa shape index (κ2) is 3.13. The van der Waals surface area contributed by atoms with Crippen molar-refractivity contribution in [2.24, 2.45) is 0 Å². The number of halogens is 1. The molecule has 1 aliphatic rings. The van der Waals surface area contributed by atoms with Crippen molar-refractivity contribution in [3.05, 3.63) is 20.8 Å². The minimum absolute atomic E-state index is 0.122. The third-order valence-corrected chi connectivity index (χ3v) is 4.64. The highest BCUT2D eigenvalue weighted by molar-refractivity contribution is 9.10. The maximum atomic E-state index is 9.29. The summed E-state index contributed by atoms with van der Waals surface area (Å²) in [4.78, 5) is 1.34. The molecular formula is C9H11BrOS. The van der Waals surface area contributed by atoms with Gasteiger partial charge in [0, 0.05) is 20.1 Å². The molecule has 0 aliphatic heterocycles. The molecule has 0 radical (unpaired) electrons. The first kappa shape index (κ1) is 8.73. The van der Waals surface area contributed by atoms with Crippen LogP contribution in [0.4, 0.5) is 0 Å². The van der Waals surface area contributed by atoms with E-state index in [2.05, 4.69) is 27.4 Å². The van der Waals surface area contributed by atoms with E-state index in [1.807, 2.05) is 0 Å². The standard InChI is InChI=1S/C9H11BrOS/c10-7-4-8(12-5-7)9(6-11)2-1-3-9/h4-5,11H,1-3,6H2. The summed E-state index contributed by atoms with van der Waals surface area (Å²) in [5.74, 6) is 0. The van der Waals surface area contributed by atoms with E-state index in [0.717, 1.165) is 17.3 Å². The Balaban J connectivity index is 2.27. The molecule has 0 spiro atoms. The molecule has 0 bridgehead atoms.